The van der Waals surface area contributed by atoms with E-state index in [4.69, 9.17) is 9.47 Å². The van der Waals surface area contributed by atoms with Crippen LogP contribution in [0.3, 0.4) is 0 Å². The maximum Gasteiger partial charge on any atom is 0.253 e. The van der Waals surface area contributed by atoms with Gasteiger partial charge >= 0.3 is 0 Å². The summed E-state index contributed by atoms with van der Waals surface area (Å²) in [5.41, 5.74) is 7.16. The molecule has 1 aliphatic rings. The number of para-hydroxylation sites is 1. The zero-order valence-electron chi connectivity index (χ0n) is 27.4. The van der Waals surface area contributed by atoms with Crippen LogP contribution >= 0.6 is 11.8 Å². The Balaban J connectivity index is 1.12. The van der Waals surface area contributed by atoms with E-state index in [0.29, 0.717) is 23.0 Å². The number of aliphatic hydroxyl groups is 1. The van der Waals surface area contributed by atoms with Crippen molar-refractivity contribution >= 4 is 17.7 Å². The number of rotatable bonds is 11. The molecule has 0 aliphatic carbocycles. The van der Waals surface area contributed by atoms with Crippen LogP contribution in [0, 0.1) is 5.92 Å². The quantitative estimate of drug-likeness (QED) is 0.143. The molecule has 4 unspecified atom stereocenters. The minimum absolute atomic E-state index is 0.00141. The molecule has 4 atom stereocenters. The lowest BCUT2D eigenvalue weighted by molar-refractivity contribution is -0.268. The number of hydrogen-bond donors (Lipinski definition) is 2. The third kappa shape index (κ3) is 7.66. The van der Waals surface area contributed by atoms with E-state index >= 15 is 0 Å². The van der Waals surface area contributed by atoms with Crippen LogP contribution < -0.4 is 5.32 Å². The van der Waals surface area contributed by atoms with E-state index in [1.165, 1.54) is 0 Å². The number of amides is 1. The largest absolute Gasteiger partial charge is 0.392 e. The Labute approximate surface area is 294 Å². The second kappa shape index (κ2) is 15.6. The standard InChI is InChI=1S/C39H36N6O4S/c1-26-35(25-50-39-42-43-44-45(39)34-13-3-2-4-14-34)48-38(49-36(26)29-17-15-27(24-46)16-18-29)32-11-6-10-31(21-32)30-9-5-8-28(20-30)22-41-37(47)33-12-7-19-40-23-33/h2-21,23,26,35-36,38,46H,22,24-25H2,1H3,(H,41,47). The van der Waals surface area contributed by atoms with Crippen molar-refractivity contribution in [1.29, 1.82) is 0 Å². The minimum Gasteiger partial charge on any atom is -0.392 e. The maximum absolute atomic E-state index is 12.6. The van der Waals surface area contributed by atoms with Gasteiger partial charge in [-0.1, -0.05) is 97.5 Å². The molecule has 10 nitrogen and oxygen atoms in total. The Kier molecular flexibility index (Phi) is 10.4. The summed E-state index contributed by atoms with van der Waals surface area (Å²) in [5.74, 6) is 0.434. The smallest absolute Gasteiger partial charge is 0.253 e. The number of nitrogens with one attached hydrogen (secondary N) is 1. The predicted octanol–water partition coefficient (Wildman–Crippen LogP) is 6.73. The van der Waals surface area contributed by atoms with Gasteiger partial charge in [0, 0.05) is 36.2 Å². The van der Waals surface area contributed by atoms with Gasteiger partial charge in [-0.25, -0.2) is 0 Å². The summed E-state index contributed by atoms with van der Waals surface area (Å²) >= 11 is 1.55. The van der Waals surface area contributed by atoms with Crippen LogP contribution in [0.5, 0.6) is 0 Å². The summed E-state index contributed by atoms with van der Waals surface area (Å²) in [6.45, 7) is 2.51. The zero-order chi connectivity index (χ0) is 34.3. The topological polar surface area (TPSA) is 124 Å². The van der Waals surface area contributed by atoms with E-state index in [1.54, 1.807) is 41.0 Å². The first kappa shape index (κ1) is 33.3. The van der Waals surface area contributed by atoms with Crippen molar-refractivity contribution in [2.45, 2.75) is 43.7 Å². The summed E-state index contributed by atoms with van der Waals surface area (Å²) in [6, 6.07) is 37.5. The predicted molar refractivity (Wildman–Crippen MR) is 190 cm³/mol. The van der Waals surface area contributed by atoms with Gasteiger partial charge in [0.15, 0.2) is 6.29 Å². The summed E-state index contributed by atoms with van der Waals surface area (Å²) in [5, 5.41) is 25.7. The fourth-order valence-electron chi connectivity index (χ4n) is 5.97. The van der Waals surface area contributed by atoms with Crippen molar-refractivity contribution in [3.63, 3.8) is 0 Å². The number of carbonyl (C=O) groups is 1. The molecule has 2 aromatic heterocycles. The molecule has 1 aliphatic heterocycles. The van der Waals surface area contributed by atoms with Gasteiger partial charge in [0.25, 0.3) is 5.91 Å². The molecular formula is C39H36N6O4S. The van der Waals surface area contributed by atoms with Crippen LogP contribution in [-0.4, -0.2) is 48.1 Å². The van der Waals surface area contributed by atoms with Crippen molar-refractivity contribution in [1.82, 2.24) is 30.5 Å². The van der Waals surface area contributed by atoms with Crippen molar-refractivity contribution in [3.8, 4) is 16.8 Å². The van der Waals surface area contributed by atoms with Gasteiger partial charge in [0.1, 0.15) is 0 Å². The Morgan fingerprint density at radius 1 is 0.860 bits per heavy atom. The third-order valence-corrected chi connectivity index (χ3v) is 9.75. The monoisotopic (exact) mass is 684 g/mol. The van der Waals surface area contributed by atoms with E-state index in [1.807, 2.05) is 78.9 Å². The Bertz CT molecular complexity index is 2030. The van der Waals surface area contributed by atoms with Crippen LogP contribution in [0.1, 0.15) is 51.9 Å². The number of ether oxygens (including phenoxy) is 2. The molecule has 50 heavy (non-hydrogen) atoms. The van der Waals surface area contributed by atoms with Gasteiger partial charge in [-0.15, -0.1) is 5.10 Å². The highest BCUT2D eigenvalue weighted by Gasteiger charge is 2.38. The number of aliphatic hydroxyl groups excluding tert-OH is 1. The van der Waals surface area contributed by atoms with Gasteiger partial charge in [-0.3, -0.25) is 9.78 Å². The molecule has 0 saturated carbocycles. The lowest BCUT2D eigenvalue weighted by Gasteiger charge is -2.41. The molecule has 3 heterocycles. The number of pyridine rings is 1. The molecule has 1 saturated heterocycles. The zero-order valence-corrected chi connectivity index (χ0v) is 28.2. The van der Waals surface area contributed by atoms with Crippen molar-refractivity contribution in [2.75, 3.05) is 5.75 Å². The summed E-state index contributed by atoms with van der Waals surface area (Å²) in [7, 11) is 0. The first-order valence-corrected chi connectivity index (χ1v) is 17.4. The van der Waals surface area contributed by atoms with Crippen LogP contribution in [0.15, 0.2) is 133 Å². The van der Waals surface area contributed by atoms with E-state index < -0.39 is 6.29 Å². The molecular weight excluding hydrogens is 649 g/mol. The van der Waals surface area contributed by atoms with Crippen molar-refractivity contribution in [3.05, 3.63) is 155 Å². The molecule has 252 valence electrons. The maximum atomic E-state index is 12.6. The molecule has 6 aromatic rings. The van der Waals surface area contributed by atoms with Crippen LogP contribution in [-0.2, 0) is 22.6 Å². The Morgan fingerprint density at radius 2 is 1.66 bits per heavy atom. The first-order chi connectivity index (χ1) is 24.6. The molecule has 4 aromatic carbocycles. The van der Waals surface area contributed by atoms with E-state index in [0.717, 1.165) is 39.1 Å². The summed E-state index contributed by atoms with van der Waals surface area (Å²) in [6.07, 6.45) is 2.11. The third-order valence-electron chi connectivity index (χ3n) is 8.74. The minimum atomic E-state index is -0.633. The van der Waals surface area contributed by atoms with Crippen LogP contribution in [0.4, 0.5) is 0 Å². The number of hydrogen-bond acceptors (Lipinski definition) is 9. The van der Waals surface area contributed by atoms with Gasteiger partial charge in [0.2, 0.25) is 5.16 Å². The highest BCUT2D eigenvalue weighted by molar-refractivity contribution is 7.99. The van der Waals surface area contributed by atoms with Crippen molar-refractivity contribution in [2.24, 2.45) is 5.92 Å². The van der Waals surface area contributed by atoms with E-state index in [2.05, 4.69) is 57.0 Å². The Hall–Kier alpha value is -5.20. The number of tetrazole rings is 1. The second-order valence-electron chi connectivity index (χ2n) is 12.1. The van der Waals surface area contributed by atoms with Gasteiger partial charge < -0.3 is 19.9 Å². The summed E-state index contributed by atoms with van der Waals surface area (Å²) in [4.78, 5) is 16.6. The van der Waals surface area contributed by atoms with Crippen LogP contribution in [0.25, 0.3) is 16.8 Å². The lowest BCUT2D eigenvalue weighted by Crippen LogP contribution is -2.38. The molecule has 0 spiro atoms. The number of carbonyl (C=O) groups excluding carboxylic acids is 1. The average Bonchev–Trinajstić information content (AvgIpc) is 3.66. The summed E-state index contributed by atoms with van der Waals surface area (Å²) < 4.78 is 15.2. The molecule has 1 fully saturated rings. The molecule has 0 bridgehead atoms. The SMILES string of the molecule is CC1C(CSc2nnnn2-c2ccccc2)OC(c2cccc(-c3cccc(CNC(=O)c4cccnc4)c3)c2)OC1c1ccc(CO)cc1. The molecule has 7 rings (SSSR count). The lowest BCUT2D eigenvalue weighted by atomic mass is 9.91. The number of nitrogens with zero attached hydrogens (tertiary/aromatic N) is 5. The molecule has 2 N–H and O–H groups in total. The highest BCUT2D eigenvalue weighted by Crippen LogP contribution is 2.43. The van der Waals surface area contributed by atoms with Crippen molar-refractivity contribution < 1.29 is 19.4 Å². The van der Waals surface area contributed by atoms with Gasteiger partial charge in [0.05, 0.1) is 30.1 Å². The Morgan fingerprint density at radius 3 is 2.44 bits per heavy atom. The van der Waals surface area contributed by atoms with E-state index in [-0.39, 0.29) is 30.6 Å². The second-order valence-corrected chi connectivity index (χ2v) is 13.1. The molecule has 0 radical (unpaired) electrons. The number of thioether (sulfide) groups is 1. The van der Waals surface area contributed by atoms with Crippen LogP contribution in [0.2, 0.25) is 0 Å². The highest BCUT2D eigenvalue weighted by atomic mass is 32.2. The fraction of sp³-hybridized carbons (Fsp3) is 0.205. The van der Waals surface area contributed by atoms with E-state index in [9.17, 15) is 9.90 Å². The van der Waals surface area contributed by atoms with Gasteiger partial charge in [-0.2, -0.15) is 4.68 Å². The number of aromatic nitrogens is 5. The normalized spacial score (nSPS) is 18.8. The number of benzene rings is 4. The average molecular weight is 685 g/mol. The molecule has 11 heteroatoms. The first-order valence-electron chi connectivity index (χ1n) is 16.4. The fourth-order valence-corrected chi connectivity index (χ4v) is 7.03. The molecule has 1 amide bonds. The van der Waals surface area contributed by atoms with Gasteiger partial charge in [-0.05, 0) is 74.6 Å².